The van der Waals surface area contributed by atoms with E-state index in [0.29, 0.717) is 5.92 Å². The molecule has 0 saturated carbocycles. The highest BCUT2D eigenvalue weighted by atomic mass is 32.1. The minimum absolute atomic E-state index is 0.0648. The zero-order valence-electron chi connectivity index (χ0n) is 18.7. The third-order valence-corrected chi connectivity index (χ3v) is 6.03. The highest BCUT2D eigenvalue weighted by molar-refractivity contribution is 7.10. The van der Waals surface area contributed by atoms with Gasteiger partial charge < -0.3 is 10.1 Å². The summed E-state index contributed by atoms with van der Waals surface area (Å²) in [6.45, 7) is 8.41. The summed E-state index contributed by atoms with van der Waals surface area (Å²) in [5.74, 6) is -0.815. The third-order valence-electron chi connectivity index (χ3n) is 5.09. The van der Waals surface area contributed by atoms with Crippen LogP contribution in [0.15, 0.2) is 41.8 Å². The Morgan fingerprint density at radius 3 is 2.53 bits per heavy atom. The van der Waals surface area contributed by atoms with Gasteiger partial charge in [0.1, 0.15) is 5.82 Å². The Hall–Kier alpha value is -3.00. The van der Waals surface area contributed by atoms with Gasteiger partial charge in [-0.1, -0.05) is 32.0 Å². The van der Waals surface area contributed by atoms with E-state index in [1.165, 1.54) is 23.5 Å². The van der Waals surface area contributed by atoms with Gasteiger partial charge in [-0.3, -0.25) is 14.3 Å². The minimum atomic E-state index is -0.482. The van der Waals surface area contributed by atoms with Gasteiger partial charge in [0.25, 0.3) is 5.91 Å². The minimum Gasteiger partial charge on any atom is -0.455 e. The number of nitrogens with one attached hydrogen (secondary N) is 1. The predicted molar refractivity (Wildman–Crippen MR) is 122 cm³/mol. The maximum Gasteiger partial charge on any atom is 0.310 e. The maximum absolute atomic E-state index is 13.3. The fraction of sp³-hybridized carbons (Fsp3) is 0.375. The molecule has 0 aliphatic rings. The molecule has 1 unspecified atom stereocenters. The Morgan fingerprint density at radius 2 is 1.91 bits per heavy atom. The number of carbonyl (C=O) groups excluding carboxylic acids is 2. The Labute approximate surface area is 191 Å². The first-order valence-corrected chi connectivity index (χ1v) is 11.4. The molecule has 0 fully saturated rings. The Kier molecular flexibility index (Phi) is 7.80. The highest BCUT2D eigenvalue weighted by Crippen LogP contribution is 2.26. The van der Waals surface area contributed by atoms with E-state index in [9.17, 15) is 14.0 Å². The van der Waals surface area contributed by atoms with Crippen LogP contribution < -0.4 is 5.32 Å². The number of ether oxygens (including phenoxy) is 1. The van der Waals surface area contributed by atoms with Gasteiger partial charge in [0, 0.05) is 22.7 Å². The van der Waals surface area contributed by atoms with Crippen LogP contribution in [-0.2, 0) is 27.3 Å². The smallest absolute Gasteiger partial charge is 0.310 e. The van der Waals surface area contributed by atoms with Crippen molar-refractivity contribution in [2.45, 2.75) is 46.7 Å². The molecule has 0 spiro atoms. The first-order chi connectivity index (χ1) is 15.2. The Bertz CT molecular complexity index is 1060. The molecule has 1 atom stereocenters. The van der Waals surface area contributed by atoms with Gasteiger partial charge in [-0.25, -0.2) is 4.39 Å². The molecule has 8 heteroatoms. The van der Waals surface area contributed by atoms with E-state index < -0.39 is 17.9 Å². The summed E-state index contributed by atoms with van der Waals surface area (Å²) in [7, 11) is 0. The molecule has 3 aromatic rings. The molecule has 2 heterocycles. The first kappa shape index (κ1) is 23.7. The molecule has 1 amide bonds. The Morgan fingerprint density at radius 1 is 1.19 bits per heavy atom. The third kappa shape index (κ3) is 6.03. The number of aryl methyl sites for hydroxylation is 1. The summed E-state index contributed by atoms with van der Waals surface area (Å²) in [5.41, 5.74) is 3.31. The van der Waals surface area contributed by atoms with E-state index in [1.807, 2.05) is 36.0 Å². The molecule has 170 valence electrons. The summed E-state index contributed by atoms with van der Waals surface area (Å²) in [4.78, 5) is 25.8. The van der Waals surface area contributed by atoms with Gasteiger partial charge in [0.15, 0.2) is 6.61 Å². The summed E-state index contributed by atoms with van der Waals surface area (Å²) in [6.07, 6.45) is 0.0648. The second kappa shape index (κ2) is 10.5. The molecule has 3 rings (SSSR count). The normalized spacial score (nSPS) is 12.1. The molecule has 0 bridgehead atoms. The van der Waals surface area contributed by atoms with Crippen LogP contribution in [0.25, 0.3) is 0 Å². The average Bonchev–Trinajstić information content (AvgIpc) is 3.36. The van der Waals surface area contributed by atoms with Crippen LogP contribution >= 0.6 is 11.3 Å². The maximum atomic E-state index is 13.3. The quantitative estimate of drug-likeness (QED) is 0.485. The van der Waals surface area contributed by atoms with Gasteiger partial charge in [-0.2, -0.15) is 5.10 Å². The zero-order valence-corrected chi connectivity index (χ0v) is 19.5. The molecule has 0 aliphatic carbocycles. The number of hydrogen-bond acceptors (Lipinski definition) is 5. The van der Waals surface area contributed by atoms with E-state index in [0.717, 1.165) is 33.9 Å². The van der Waals surface area contributed by atoms with Crippen LogP contribution in [0.3, 0.4) is 0 Å². The molecule has 1 aromatic carbocycles. The molecule has 1 N–H and O–H groups in total. The van der Waals surface area contributed by atoms with Crippen molar-refractivity contribution < 1.29 is 18.7 Å². The van der Waals surface area contributed by atoms with Crippen LogP contribution in [-0.4, -0.2) is 28.3 Å². The lowest BCUT2D eigenvalue weighted by Gasteiger charge is -2.18. The lowest BCUT2D eigenvalue weighted by Crippen LogP contribution is -2.33. The van der Waals surface area contributed by atoms with E-state index >= 15 is 0 Å². The number of nitrogens with zero attached hydrogens (tertiary/aromatic N) is 2. The molecule has 32 heavy (non-hydrogen) atoms. The SMILES string of the molecule is Cc1nn(CC(C)C)c(C)c1CC(=O)OCC(=O)NC(c1ccc(F)cc1)c1cccs1. The molecule has 6 nitrogen and oxygen atoms in total. The zero-order chi connectivity index (χ0) is 23.3. The number of halogens is 1. The molecule has 0 radical (unpaired) electrons. The molecule has 0 saturated heterocycles. The summed E-state index contributed by atoms with van der Waals surface area (Å²) in [6, 6.07) is 9.30. The molecule has 2 aromatic heterocycles. The fourth-order valence-corrected chi connectivity index (χ4v) is 4.29. The van der Waals surface area contributed by atoms with Crippen molar-refractivity contribution in [3.8, 4) is 0 Å². The van der Waals surface area contributed by atoms with E-state index in [2.05, 4.69) is 24.3 Å². The largest absolute Gasteiger partial charge is 0.455 e. The van der Waals surface area contributed by atoms with Crippen molar-refractivity contribution in [3.63, 3.8) is 0 Å². The number of amides is 1. The van der Waals surface area contributed by atoms with Gasteiger partial charge >= 0.3 is 5.97 Å². The van der Waals surface area contributed by atoms with Crippen LogP contribution in [0.5, 0.6) is 0 Å². The Balaban J connectivity index is 1.60. The second-order valence-electron chi connectivity index (χ2n) is 8.13. The summed E-state index contributed by atoms with van der Waals surface area (Å²) >= 11 is 1.48. The van der Waals surface area contributed by atoms with Crippen molar-refractivity contribution in [3.05, 3.63) is 75.0 Å². The lowest BCUT2D eigenvalue weighted by atomic mass is 10.1. The predicted octanol–water partition coefficient (Wildman–Crippen LogP) is 4.35. The first-order valence-electron chi connectivity index (χ1n) is 10.5. The van der Waals surface area contributed by atoms with E-state index in [4.69, 9.17) is 4.74 Å². The van der Waals surface area contributed by atoms with Crippen molar-refractivity contribution >= 4 is 23.2 Å². The fourth-order valence-electron chi connectivity index (χ4n) is 3.49. The number of hydrogen-bond donors (Lipinski definition) is 1. The molecule has 0 aliphatic heterocycles. The monoisotopic (exact) mass is 457 g/mol. The van der Waals surface area contributed by atoms with Crippen molar-refractivity contribution in [2.24, 2.45) is 5.92 Å². The number of aromatic nitrogens is 2. The molecular weight excluding hydrogens is 429 g/mol. The number of benzene rings is 1. The van der Waals surface area contributed by atoms with Crippen LogP contribution in [0.1, 0.15) is 47.3 Å². The van der Waals surface area contributed by atoms with Crippen molar-refractivity contribution in [1.82, 2.24) is 15.1 Å². The van der Waals surface area contributed by atoms with Crippen molar-refractivity contribution in [1.29, 1.82) is 0 Å². The van der Waals surface area contributed by atoms with E-state index in [1.54, 1.807) is 12.1 Å². The van der Waals surface area contributed by atoms with E-state index in [-0.39, 0.29) is 18.8 Å². The topological polar surface area (TPSA) is 73.2 Å². The highest BCUT2D eigenvalue weighted by Gasteiger charge is 2.20. The number of rotatable bonds is 9. The van der Waals surface area contributed by atoms with Crippen LogP contribution in [0.4, 0.5) is 4.39 Å². The lowest BCUT2D eigenvalue weighted by molar-refractivity contribution is -0.148. The summed E-state index contributed by atoms with van der Waals surface area (Å²) in [5, 5.41) is 9.29. The summed E-state index contributed by atoms with van der Waals surface area (Å²) < 4.78 is 20.5. The standard InChI is InChI=1S/C24H28FN3O3S/c1-15(2)13-28-17(4)20(16(3)27-28)12-23(30)31-14-22(29)26-24(21-6-5-11-32-21)18-7-9-19(25)10-8-18/h5-11,15,24H,12-14H2,1-4H3,(H,26,29). The number of esters is 1. The van der Waals surface area contributed by atoms with Gasteiger partial charge in [-0.15, -0.1) is 11.3 Å². The molecular formula is C24H28FN3O3S. The van der Waals surface area contributed by atoms with Crippen LogP contribution in [0.2, 0.25) is 0 Å². The van der Waals surface area contributed by atoms with Gasteiger partial charge in [0.2, 0.25) is 0 Å². The van der Waals surface area contributed by atoms with Gasteiger partial charge in [-0.05, 0) is 48.9 Å². The number of carbonyl (C=O) groups is 2. The number of thiophene rings is 1. The second-order valence-corrected chi connectivity index (χ2v) is 9.11. The van der Waals surface area contributed by atoms with Gasteiger partial charge in [0.05, 0.1) is 18.2 Å². The average molecular weight is 458 g/mol. The van der Waals surface area contributed by atoms with Crippen molar-refractivity contribution in [2.75, 3.05) is 6.61 Å². The van der Waals surface area contributed by atoms with Crippen LogP contribution in [0, 0.1) is 25.6 Å².